The number of anilines is 1. The van der Waals surface area contributed by atoms with Crippen molar-refractivity contribution in [3.8, 4) is 11.4 Å². The highest BCUT2D eigenvalue weighted by Gasteiger charge is 2.31. The van der Waals surface area contributed by atoms with Crippen LogP contribution in [0.2, 0.25) is 5.02 Å². The normalized spacial score (nSPS) is 14.3. The van der Waals surface area contributed by atoms with Crippen molar-refractivity contribution in [2.45, 2.75) is 25.8 Å². The third kappa shape index (κ3) is 2.97. The molecule has 0 radical (unpaired) electrons. The fourth-order valence-electron chi connectivity index (χ4n) is 3.26. The summed E-state index contributed by atoms with van der Waals surface area (Å²) in [5.74, 6) is 0.479. The van der Waals surface area contributed by atoms with Gasteiger partial charge in [-0.1, -0.05) is 36.7 Å². The Morgan fingerprint density at radius 3 is 2.73 bits per heavy atom. The first-order chi connectivity index (χ1) is 12.7. The summed E-state index contributed by atoms with van der Waals surface area (Å²) in [5, 5.41) is 13.3. The molecule has 0 spiro atoms. The van der Waals surface area contributed by atoms with E-state index in [0.717, 1.165) is 17.7 Å². The van der Waals surface area contributed by atoms with Crippen molar-refractivity contribution < 1.29 is 4.79 Å². The topological polar surface area (TPSA) is 63.9 Å². The molecule has 4 rings (SSSR count). The van der Waals surface area contributed by atoms with Crippen molar-refractivity contribution in [1.29, 1.82) is 0 Å². The number of halogens is 1. The van der Waals surface area contributed by atoms with Gasteiger partial charge in [0, 0.05) is 22.8 Å². The smallest absolute Gasteiger partial charge is 0.253 e. The number of benzene rings is 2. The van der Waals surface area contributed by atoms with Gasteiger partial charge in [-0.3, -0.25) is 4.79 Å². The first-order valence-corrected chi connectivity index (χ1v) is 9.00. The number of carbonyl (C=O) groups is 1. The molecule has 0 saturated heterocycles. The Morgan fingerprint density at radius 1 is 1.19 bits per heavy atom. The summed E-state index contributed by atoms with van der Waals surface area (Å²) in [4.78, 5) is 16.4. The number of nitrogens with zero attached hydrogens (tertiary/aromatic N) is 5. The van der Waals surface area contributed by atoms with Gasteiger partial charge in [-0.15, -0.1) is 10.2 Å². The molecular formula is C19H18ClN5O. The lowest BCUT2D eigenvalue weighted by Crippen LogP contribution is -2.37. The van der Waals surface area contributed by atoms with Crippen LogP contribution >= 0.6 is 11.6 Å². The molecule has 3 aromatic rings. The largest absolute Gasteiger partial charge is 0.310 e. The zero-order chi connectivity index (χ0) is 18.1. The van der Waals surface area contributed by atoms with Gasteiger partial charge in [0.1, 0.15) is 0 Å². The zero-order valence-electron chi connectivity index (χ0n) is 14.3. The second-order valence-electron chi connectivity index (χ2n) is 6.23. The molecule has 1 aliphatic rings. The molecule has 1 atom stereocenters. The number of amides is 1. The van der Waals surface area contributed by atoms with E-state index in [1.807, 2.05) is 42.2 Å². The van der Waals surface area contributed by atoms with E-state index in [1.54, 1.807) is 12.1 Å². The molecule has 1 amide bonds. The molecule has 7 heteroatoms. The predicted octanol–water partition coefficient (Wildman–Crippen LogP) is 3.53. The van der Waals surface area contributed by atoms with E-state index < -0.39 is 6.04 Å². The highest BCUT2D eigenvalue weighted by Crippen LogP contribution is 2.30. The predicted molar refractivity (Wildman–Crippen MR) is 100 cm³/mol. The monoisotopic (exact) mass is 367 g/mol. The van der Waals surface area contributed by atoms with Gasteiger partial charge < -0.3 is 4.90 Å². The van der Waals surface area contributed by atoms with Crippen LogP contribution < -0.4 is 4.90 Å². The van der Waals surface area contributed by atoms with Crippen LogP contribution in [0.5, 0.6) is 0 Å². The summed E-state index contributed by atoms with van der Waals surface area (Å²) in [6.45, 7) is 2.64. The number of rotatable bonds is 4. The van der Waals surface area contributed by atoms with E-state index in [2.05, 4.69) is 21.5 Å². The minimum atomic E-state index is -0.477. The highest BCUT2D eigenvalue weighted by molar-refractivity contribution is 6.30. The molecule has 0 fully saturated rings. The van der Waals surface area contributed by atoms with Crippen molar-refractivity contribution >= 4 is 23.2 Å². The molecule has 1 aliphatic heterocycles. The number of aromatic nitrogens is 4. The average molecular weight is 368 g/mol. The maximum atomic E-state index is 13.1. The number of para-hydroxylation sites is 1. The summed E-state index contributed by atoms with van der Waals surface area (Å²) in [5.41, 5.74) is 2.99. The lowest BCUT2D eigenvalue weighted by atomic mass is 10.1. The molecule has 26 heavy (non-hydrogen) atoms. The first kappa shape index (κ1) is 16.7. The van der Waals surface area contributed by atoms with E-state index >= 15 is 0 Å². The third-order valence-corrected chi connectivity index (χ3v) is 4.89. The van der Waals surface area contributed by atoms with Gasteiger partial charge >= 0.3 is 0 Å². The fraction of sp³-hybridized carbons (Fsp3) is 0.263. The van der Waals surface area contributed by atoms with E-state index in [4.69, 9.17) is 11.6 Å². The lowest BCUT2D eigenvalue weighted by Gasteiger charge is -2.22. The summed E-state index contributed by atoms with van der Waals surface area (Å²) < 4.78 is 0. The fourth-order valence-corrected chi connectivity index (χ4v) is 3.38. The molecule has 0 bridgehead atoms. The number of hydrogen-bond donors (Lipinski definition) is 0. The molecule has 132 valence electrons. The Morgan fingerprint density at radius 2 is 1.96 bits per heavy atom. The van der Waals surface area contributed by atoms with Crippen molar-refractivity contribution in [2.75, 3.05) is 11.4 Å². The third-order valence-electron chi connectivity index (χ3n) is 4.63. The van der Waals surface area contributed by atoms with Crippen molar-refractivity contribution in [2.24, 2.45) is 0 Å². The second-order valence-corrected chi connectivity index (χ2v) is 6.67. The van der Waals surface area contributed by atoms with Gasteiger partial charge in [0.05, 0.1) is 0 Å². The van der Waals surface area contributed by atoms with Crippen LogP contribution in [0.25, 0.3) is 11.4 Å². The van der Waals surface area contributed by atoms with Crippen molar-refractivity contribution in [1.82, 2.24) is 20.2 Å². The molecule has 1 aromatic heterocycles. The molecular weight excluding hydrogens is 350 g/mol. The van der Waals surface area contributed by atoms with Crippen LogP contribution in [0.3, 0.4) is 0 Å². The zero-order valence-corrected chi connectivity index (χ0v) is 15.1. The Kier molecular flexibility index (Phi) is 4.42. The Hall–Kier alpha value is -2.73. The minimum Gasteiger partial charge on any atom is -0.310 e. The molecule has 0 aliphatic carbocycles. The van der Waals surface area contributed by atoms with E-state index in [0.29, 0.717) is 23.8 Å². The maximum Gasteiger partial charge on any atom is 0.253 e. The number of carbonyl (C=O) groups excluding carboxylic acids is 1. The van der Waals surface area contributed by atoms with Crippen molar-refractivity contribution in [3.63, 3.8) is 0 Å². The maximum absolute atomic E-state index is 13.1. The number of fused-ring (bicyclic) bond motifs is 1. The summed E-state index contributed by atoms with van der Waals surface area (Å²) in [6.07, 6.45) is 1.47. The highest BCUT2D eigenvalue weighted by atomic mass is 35.5. The lowest BCUT2D eigenvalue weighted by molar-refractivity contribution is -0.122. The van der Waals surface area contributed by atoms with Gasteiger partial charge in [-0.05, 0) is 54.0 Å². The SMILES string of the molecule is CC[C@@H](C(=O)N1CCc2ccccc21)n1nnc(-c2ccc(Cl)cc2)n1. The number of hydrogen-bond acceptors (Lipinski definition) is 4. The Balaban J connectivity index is 1.60. The van der Waals surface area contributed by atoms with Crippen LogP contribution in [0, 0.1) is 0 Å². The second kappa shape index (κ2) is 6.88. The Labute approximate surface area is 156 Å². The van der Waals surface area contributed by atoms with E-state index in [9.17, 15) is 4.79 Å². The van der Waals surface area contributed by atoms with Crippen LogP contribution in [0.4, 0.5) is 5.69 Å². The average Bonchev–Trinajstić information content (AvgIpc) is 3.30. The van der Waals surface area contributed by atoms with Crippen LogP contribution in [0.15, 0.2) is 48.5 Å². The van der Waals surface area contributed by atoms with Gasteiger partial charge in [0.15, 0.2) is 6.04 Å². The van der Waals surface area contributed by atoms with Crippen molar-refractivity contribution in [3.05, 3.63) is 59.1 Å². The van der Waals surface area contributed by atoms with Gasteiger partial charge in [-0.25, -0.2) is 0 Å². The molecule has 0 saturated carbocycles. The van der Waals surface area contributed by atoms with Crippen LogP contribution in [-0.4, -0.2) is 32.7 Å². The summed E-state index contributed by atoms with van der Waals surface area (Å²) in [6, 6.07) is 14.8. The standard InChI is InChI=1S/C19H18ClN5O/c1-2-16(19(26)24-12-11-13-5-3-4-6-17(13)24)25-22-18(21-23-25)14-7-9-15(20)10-8-14/h3-10,16H,2,11-12H2,1H3/t16-/m0/s1. The summed E-state index contributed by atoms with van der Waals surface area (Å²) in [7, 11) is 0. The van der Waals surface area contributed by atoms with Gasteiger partial charge in [0.25, 0.3) is 5.91 Å². The first-order valence-electron chi connectivity index (χ1n) is 8.62. The molecule has 2 aromatic carbocycles. The van der Waals surface area contributed by atoms with E-state index in [-0.39, 0.29) is 5.91 Å². The van der Waals surface area contributed by atoms with Crippen LogP contribution in [-0.2, 0) is 11.2 Å². The van der Waals surface area contributed by atoms with Crippen LogP contribution in [0.1, 0.15) is 24.9 Å². The minimum absolute atomic E-state index is 0.00231. The van der Waals surface area contributed by atoms with E-state index in [1.165, 1.54) is 10.4 Å². The number of tetrazole rings is 1. The summed E-state index contributed by atoms with van der Waals surface area (Å²) >= 11 is 5.92. The Bertz CT molecular complexity index is 937. The molecule has 0 N–H and O–H groups in total. The van der Waals surface area contributed by atoms with Gasteiger partial charge in [0.2, 0.25) is 5.82 Å². The quantitative estimate of drug-likeness (QED) is 0.707. The molecule has 0 unspecified atom stereocenters. The molecule has 2 heterocycles. The molecule has 6 nitrogen and oxygen atoms in total. The van der Waals surface area contributed by atoms with Gasteiger partial charge in [-0.2, -0.15) is 4.80 Å².